The fraction of sp³-hybridized carbons (Fsp3) is 0.667. The molecule has 2 N–H and O–H groups in total. The summed E-state index contributed by atoms with van der Waals surface area (Å²) in [4.78, 5) is 7.02. The lowest BCUT2D eigenvalue weighted by Gasteiger charge is -2.31. The first-order valence-corrected chi connectivity index (χ1v) is 10.0. The molecule has 1 aromatic rings. The van der Waals surface area contributed by atoms with Gasteiger partial charge in [0.05, 0.1) is 0 Å². The minimum atomic E-state index is 0. The van der Waals surface area contributed by atoms with Crippen molar-refractivity contribution in [3.63, 3.8) is 0 Å². The third kappa shape index (κ3) is 6.41. The van der Waals surface area contributed by atoms with Gasteiger partial charge < -0.3 is 10.6 Å². The zero-order valence-electron chi connectivity index (χ0n) is 16.3. The number of halogens is 1. The van der Waals surface area contributed by atoms with Crippen LogP contribution in [0.3, 0.4) is 0 Å². The molecule has 1 unspecified atom stereocenters. The number of aliphatic imine (C=N–C) groups is 1. The predicted molar refractivity (Wildman–Crippen MR) is 121 cm³/mol. The molecule has 1 saturated carbocycles. The highest BCUT2D eigenvalue weighted by Crippen LogP contribution is 2.20. The van der Waals surface area contributed by atoms with E-state index in [1.807, 2.05) is 7.05 Å². The van der Waals surface area contributed by atoms with Crippen molar-refractivity contribution in [3.8, 4) is 0 Å². The number of hydrogen-bond donors (Lipinski definition) is 2. The van der Waals surface area contributed by atoms with Crippen LogP contribution in [0.15, 0.2) is 29.3 Å². The van der Waals surface area contributed by atoms with Crippen molar-refractivity contribution < 1.29 is 0 Å². The number of rotatable bonds is 5. The van der Waals surface area contributed by atoms with E-state index in [1.165, 1.54) is 62.7 Å². The maximum atomic E-state index is 4.41. The number of guanidine groups is 1. The fourth-order valence-electron chi connectivity index (χ4n) is 4.19. The Morgan fingerprint density at radius 1 is 1.12 bits per heavy atom. The number of nitrogens with zero attached hydrogens (tertiary/aromatic N) is 2. The van der Waals surface area contributed by atoms with Gasteiger partial charge in [-0.15, -0.1) is 24.0 Å². The van der Waals surface area contributed by atoms with Crippen molar-refractivity contribution in [2.24, 2.45) is 10.9 Å². The van der Waals surface area contributed by atoms with Gasteiger partial charge in [-0.1, -0.05) is 44.0 Å². The molecule has 3 rings (SSSR count). The van der Waals surface area contributed by atoms with Gasteiger partial charge in [0.15, 0.2) is 5.96 Å². The molecule has 2 fully saturated rings. The molecule has 1 aromatic carbocycles. The van der Waals surface area contributed by atoms with E-state index in [4.69, 9.17) is 0 Å². The summed E-state index contributed by atoms with van der Waals surface area (Å²) >= 11 is 0. The standard InChI is InChI=1S/C21H34N4.HI/c1-17-8-7-13-25(15-17)16-19-10-4-3-9-18(19)14-23-21(22-2)24-20-11-5-6-12-20;/h3-4,9-10,17,20H,5-8,11-16H2,1-2H3,(H2,22,23,24);1H. The molecule has 1 aliphatic carbocycles. The Labute approximate surface area is 176 Å². The Bertz CT molecular complexity index is 569. The Morgan fingerprint density at radius 2 is 1.85 bits per heavy atom. The van der Waals surface area contributed by atoms with Crippen molar-refractivity contribution in [2.45, 2.75) is 64.6 Å². The predicted octanol–water partition coefficient (Wildman–Crippen LogP) is 4.14. The van der Waals surface area contributed by atoms with Gasteiger partial charge in [-0.3, -0.25) is 9.89 Å². The van der Waals surface area contributed by atoms with Crippen LogP contribution >= 0.6 is 24.0 Å². The molecule has 146 valence electrons. The topological polar surface area (TPSA) is 39.7 Å². The quantitative estimate of drug-likeness (QED) is 0.386. The first-order valence-electron chi connectivity index (χ1n) is 10.0. The van der Waals surface area contributed by atoms with Gasteiger partial charge >= 0.3 is 0 Å². The highest BCUT2D eigenvalue weighted by molar-refractivity contribution is 14.0. The summed E-state index contributed by atoms with van der Waals surface area (Å²) < 4.78 is 0. The molecule has 5 heteroatoms. The van der Waals surface area contributed by atoms with Gasteiger partial charge in [0.25, 0.3) is 0 Å². The van der Waals surface area contributed by atoms with E-state index < -0.39 is 0 Å². The molecule has 0 aromatic heterocycles. The molecular weight excluding hydrogens is 435 g/mol. The van der Waals surface area contributed by atoms with Crippen LogP contribution in [0.25, 0.3) is 0 Å². The van der Waals surface area contributed by atoms with Gasteiger partial charge in [-0.25, -0.2) is 0 Å². The smallest absolute Gasteiger partial charge is 0.191 e. The molecule has 1 aliphatic heterocycles. The molecule has 26 heavy (non-hydrogen) atoms. The summed E-state index contributed by atoms with van der Waals surface area (Å²) in [6, 6.07) is 9.43. The second-order valence-electron chi connectivity index (χ2n) is 7.80. The van der Waals surface area contributed by atoms with Crippen molar-refractivity contribution >= 4 is 29.9 Å². The monoisotopic (exact) mass is 470 g/mol. The minimum absolute atomic E-state index is 0. The largest absolute Gasteiger partial charge is 0.354 e. The lowest BCUT2D eigenvalue weighted by atomic mass is 9.99. The average Bonchev–Trinajstić information content (AvgIpc) is 3.13. The van der Waals surface area contributed by atoms with Gasteiger partial charge in [0.2, 0.25) is 0 Å². The Hall–Kier alpha value is -0.820. The first kappa shape index (κ1) is 21.5. The molecule has 2 aliphatic rings. The fourth-order valence-corrected chi connectivity index (χ4v) is 4.19. The molecule has 0 bridgehead atoms. The Balaban J connectivity index is 0.00000243. The zero-order chi connectivity index (χ0) is 17.5. The summed E-state index contributed by atoms with van der Waals surface area (Å²) in [7, 11) is 1.87. The second-order valence-corrected chi connectivity index (χ2v) is 7.80. The number of likely N-dealkylation sites (tertiary alicyclic amines) is 1. The summed E-state index contributed by atoms with van der Waals surface area (Å²) in [5.41, 5.74) is 2.83. The van der Waals surface area contributed by atoms with E-state index in [9.17, 15) is 0 Å². The zero-order valence-corrected chi connectivity index (χ0v) is 18.7. The molecule has 0 amide bonds. The Morgan fingerprint density at radius 3 is 2.54 bits per heavy atom. The minimum Gasteiger partial charge on any atom is -0.354 e. The summed E-state index contributed by atoms with van der Waals surface area (Å²) in [6.45, 7) is 6.74. The number of hydrogen-bond acceptors (Lipinski definition) is 2. The lowest BCUT2D eigenvalue weighted by Crippen LogP contribution is -2.42. The van der Waals surface area contributed by atoms with Crippen LogP contribution < -0.4 is 10.6 Å². The summed E-state index contributed by atoms with van der Waals surface area (Å²) in [6.07, 6.45) is 7.93. The SMILES string of the molecule is CN=C(NCc1ccccc1CN1CCCC(C)C1)NC1CCCC1.I. The van der Waals surface area contributed by atoms with E-state index in [0.717, 1.165) is 25.0 Å². The van der Waals surface area contributed by atoms with Crippen LogP contribution in [0.5, 0.6) is 0 Å². The second kappa shape index (κ2) is 11.1. The van der Waals surface area contributed by atoms with Crippen molar-refractivity contribution in [1.29, 1.82) is 0 Å². The molecule has 4 nitrogen and oxygen atoms in total. The number of nitrogens with one attached hydrogen (secondary N) is 2. The first-order chi connectivity index (χ1) is 12.2. The van der Waals surface area contributed by atoms with Crippen molar-refractivity contribution in [1.82, 2.24) is 15.5 Å². The third-order valence-electron chi connectivity index (χ3n) is 5.62. The van der Waals surface area contributed by atoms with Crippen LogP contribution in [0.4, 0.5) is 0 Å². The summed E-state index contributed by atoms with van der Waals surface area (Å²) in [5.74, 6) is 1.77. The summed E-state index contributed by atoms with van der Waals surface area (Å²) in [5, 5.41) is 7.09. The number of benzene rings is 1. The lowest BCUT2D eigenvalue weighted by molar-refractivity contribution is 0.176. The van der Waals surface area contributed by atoms with Crippen LogP contribution in [0.2, 0.25) is 0 Å². The van der Waals surface area contributed by atoms with Crippen LogP contribution in [-0.2, 0) is 13.1 Å². The van der Waals surface area contributed by atoms with Crippen molar-refractivity contribution in [2.75, 3.05) is 20.1 Å². The van der Waals surface area contributed by atoms with Gasteiger partial charge in [-0.2, -0.15) is 0 Å². The van der Waals surface area contributed by atoms with Crippen LogP contribution in [-0.4, -0.2) is 37.0 Å². The molecule has 0 radical (unpaired) electrons. The van der Waals surface area contributed by atoms with Crippen LogP contribution in [0, 0.1) is 5.92 Å². The highest BCUT2D eigenvalue weighted by Gasteiger charge is 2.18. The molecule has 1 heterocycles. The van der Waals surface area contributed by atoms with E-state index in [2.05, 4.69) is 51.7 Å². The van der Waals surface area contributed by atoms with E-state index in [0.29, 0.717) is 6.04 Å². The molecule has 1 saturated heterocycles. The number of piperidine rings is 1. The normalized spacial score (nSPS) is 22.1. The van der Waals surface area contributed by atoms with E-state index in [1.54, 1.807) is 0 Å². The van der Waals surface area contributed by atoms with Gasteiger partial charge in [0, 0.05) is 32.7 Å². The molecule has 0 spiro atoms. The van der Waals surface area contributed by atoms with Gasteiger partial charge in [-0.05, 0) is 49.3 Å². The van der Waals surface area contributed by atoms with Gasteiger partial charge in [0.1, 0.15) is 0 Å². The van der Waals surface area contributed by atoms with E-state index >= 15 is 0 Å². The van der Waals surface area contributed by atoms with E-state index in [-0.39, 0.29) is 24.0 Å². The third-order valence-corrected chi connectivity index (χ3v) is 5.62. The van der Waals surface area contributed by atoms with Crippen LogP contribution in [0.1, 0.15) is 56.6 Å². The molecular formula is C21H35IN4. The highest BCUT2D eigenvalue weighted by atomic mass is 127. The average molecular weight is 470 g/mol. The maximum absolute atomic E-state index is 4.41. The Kier molecular flexibility index (Phi) is 9.19. The van der Waals surface area contributed by atoms with Crippen molar-refractivity contribution in [3.05, 3.63) is 35.4 Å². The maximum Gasteiger partial charge on any atom is 0.191 e. The molecule has 1 atom stereocenters.